The van der Waals surface area contributed by atoms with Crippen molar-refractivity contribution in [2.24, 2.45) is 0 Å². The number of hydrogen-bond donors (Lipinski definition) is 0. The Balaban J connectivity index is 2.32. The van der Waals surface area contributed by atoms with E-state index in [1.807, 2.05) is 7.05 Å². The number of rotatable bonds is 1. The predicted octanol–water partition coefficient (Wildman–Crippen LogP) is 1.89. The minimum Gasteiger partial charge on any atom is -0.360 e. The molecule has 92 valence electrons. The highest BCUT2D eigenvalue weighted by Gasteiger charge is 2.23. The van der Waals surface area contributed by atoms with Crippen molar-refractivity contribution in [3.05, 3.63) is 28.8 Å². The van der Waals surface area contributed by atoms with Gasteiger partial charge in [0.25, 0.3) is 0 Å². The normalized spacial score (nSPS) is 16.6. The average molecular weight is 232 g/mol. The van der Waals surface area contributed by atoms with Gasteiger partial charge in [0, 0.05) is 25.8 Å². The second-order valence-electron chi connectivity index (χ2n) is 4.98. The summed E-state index contributed by atoms with van der Waals surface area (Å²) in [6, 6.07) is 4.37. The highest BCUT2D eigenvalue weighted by molar-refractivity contribution is 5.83. The van der Waals surface area contributed by atoms with Crippen LogP contribution in [0.2, 0.25) is 0 Å². The zero-order valence-electron chi connectivity index (χ0n) is 11.1. The topological polar surface area (TPSA) is 23.6 Å². The minimum absolute atomic E-state index is 0.204. The monoisotopic (exact) mass is 232 g/mol. The maximum absolute atomic E-state index is 11.8. The number of carbonyl (C=O) groups is 1. The molecule has 0 bridgehead atoms. The van der Waals surface area contributed by atoms with E-state index in [0.717, 1.165) is 13.1 Å². The molecule has 1 fully saturated rings. The molecule has 0 aliphatic carbocycles. The van der Waals surface area contributed by atoms with Crippen molar-refractivity contribution >= 4 is 11.6 Å². The first kappa shape index (κ1) is 12.0. The van der Waals surface area contributed by atoms with E-state index in [-0.39, 0.29) is 5.91 Å². The summed E-state index contributed by atoms with van der Waals surface area (Å²) in [5.74, 6) is 0.204. The van der Waals surface area contributed by atoms with E-state index in [1.165, 1.54) is 22.4 Å². The molecule has 1 saturated heterocycles. The van der Waals surface area contributed by atoms with E-state index in [4.69, 9.17) is 0 Å². The lowest BCUT2D eigenvalue weighted by Crippen LogP contribution is -2.49. The summed E-state index contributed by atoms with van der Waals surface area (Å²) in [5, 5.41) is 0. The summed E-state index contributed by atoms with van der Waals surface area (Å²) >= 11 is 0. The molecule has 1 aliphatic heterocycles. The third-order valence-electron chi connectivity index (χ3n) is 3.41. The number of aryl methyl sites for hydroxylation is 3. The van der Waals surface area contributed by atoms with Crippen molar-refractivity contribution in [2.75, 3.05) is 31.6 Å². The lowest BCUT2D eigenvalue weighted by Gasteiger charge is -2.35. The van der Waals surface area contributed by atoms with Gasteiger partial charge in [0.2, 0.25) is 5.91 Å². The molecular weight excluding hydrogens is 212 g/mol. The van der Waals surface area contributed by atoms with Crippen LogP contribution in [0, 0.1) is 20.8 Å². The fourth-order valence-electron chi connectivity index (χ4n) is 2.62. The van der Waals surface area contributed by atoms with E-state index in [9.17, 15) is 4.79 Å². The molecule has 0 saturated carbocycles. The summed E-state index contributed by atoms with van der Waals surface area (Å²) in [4.78, 5) is 15.8. The maximum Gasteiger partial charge on any atom is 0.241 e. The van der Waals surface area contributed by atoms with Crippen molar-refractivity contribution in [1.29, 1.82) is 0 Å². The molecular formula is C14H20N2O. The molecule has 3 nitrogen and oxygen atoms in total. The number of anilines is 1. The smallest absolute Gasteiger partial charge is 0.241 e. The zero-order chi connectivity index (χ0) is 12.6. The average Bonchev–Trinajstić information content (AvgIpc) is 2.21. The lowest BCUT2D eigenvalue weighted by molar-refractivity contribution is -0.129. The summed E-state index contributed by atoms with van der Waals surface area (Å²) < 4.78 is 0. The van der Waals surface area contributed by atoms with Gasteiger partial charge in [-0.2, -0.15) is 0 Å². The third-order valence-corrected chi connectivity index (χ3v) is 3.41. The van der Waals surface area contributed by atoms with Crippen LogP contribution in [0.3, 0.4) is 0 Å². The summed E-state index contributed by atoms with van der Waals surface area (Å²) in [6.07, 6.45) is 0. The summed E-state index contributed by atoms with van der Waals surface area (Å²) in [7, 11) is 1.87. The SMILES string of the molecule is Cc1cc(C)c(N2CCN(C)C(=O)C2)c(C)c1. The van der Waals surface area contributed by atoms with Crippen molar-refractivity contribution in [1.82, 2.24) is 4.90 Å². The van der Waals surface area contributed by atoms with Gasteiger partial charge in [0.05, 0.1) is 6.54 Å². The molecule has 0 atom stereocenters. The van der Waals surface area contributed by atoms with E-state index in [2.05, 4.69) is 37.8 Å². The fourth-order valence-corrected chi connectivity index (χ4v) is 2.62. The first-order valence-corrected chi connectivity index (χ1v) is 6.06. The Hall–Kier alpha value is -1.51. The Morgan fingerprint density at radius 1 is 1.06 bits per heavy atom. The van der Waals surface area contributed by atoms with E-state index < -0.39 is 0 Å². The number of nitrogens with zero attached hydrogens (tertiary/aromatic N) is 2. The zero-order valence-corrected chi connectivity index (χ0v) is 11.1. The van der Waals surface area contributed by atoms with E-state index in [1.54, 1.807) is 4.90 Å². The third kappa shape index (κ3) is 2.28. The van der Waals surface area contributed by atoms with Crippen molar-refractivity contribution in [2.45, 2.75) is 20.8 Å². The Morgan fingerprint density at radius 3 is 2.18 bits per heavy atom. The van der Waals surface area contributed by atoms with E-state index >= 15 is 0 Å². The quantitative estimate of drug-likeness (QED) is 0.738. The molecule has 2 rings (SSSR count). The van der Waals surface area contributed by atoms with Crippen LogP contribution in [-0.2, 0) is 4.79 Å². The maximum atomic E-state index is 11.8. The largest absolute Gasteiger partial charge is 0.360 e. The highest BCUT2D eigenvalue weighted by atomic mass is 16.2. The van der Waals surface area contributed by atoms with Crippen molar-refractivity contribution in [3.63, 3.8) is 0 Å². The number of carbonyl (C=O) groups excluding carboxylic acids is 1. The van der Waals surface area contributed by atoms with Gasteiger partial charge in [-0.15, -0.1) is 0 Å². The van der Waals surface area contributed by atoms with Gasteiger partial charge in [-0.1, -0.05) is 17.7 Å². The standard InChI is InChI=1S/C14H20N2O/c1-10-7-11(2)14(12(3)8-10)16-6-5-15(4)13(17)9-16/h7-8H,5-6,9H2,1-4H3. The number of benzene rings is 1. The summed E-state index contributed by atoms with van der Waals surface area (Å²) in [5.41, 5.74) is 5.04. The molecule has 1 aliphatic rings. The van der Waals surface area contributed by atoms with Crippen LogP contribution in [0.25, 0.3) is 0 Å². The van der Waals surface area contributed by atoms with Gasteiger partial charge in [0.1, 0.15) is 0 Å². The predicted molar refractivity (Wildman–Crippen MR) is 70.5 cm³/mol. The molecule has 0 radical (unpaired) electrons. The first-order valence-electron chi connectivity index (χ1n) is 6.06. The van der Waals surface area contributed by atoms with Crippen LogP contribution in [0.5, 0.6) is 0 Å². The molecule has 3 heteroatoms. The second kappa shape index (κ2) is 4.40. The number of amides is 1. The number of piperazine rings is 1. The molecule has 17 heavy (non-hydrogen) atoms. The van der Waals surface area contributed by atoms with Gasteiger partial charge >= 0.3 is 0 Å². The van der Waals surface area contributed by atoms with Gasteiger partial charge in [-0.25, -0.2) is 0 Å². The second-order valence-corrected chi connectivity index (χ2v) is 4.98. The van der Waals surface area contributed by atoms with Crippen LogP contribution < -0.4 is 4.90 Å². The van der Waals surface area contributed by atoms with Gasteiger partial charge in [-0.05, 0) is 31.9 Å². The van der Waals surface area contributed by atoms with Gasteiger partial charge in [-0.3, -0.25) is 4.79 Å². The Labute approximate surface area is 103 Å². The highest BCUT2D eigenvalue weighted by Crippen LogP contribution is 2.27. The van der Waals surface area contributed by atoms with Crippen LogP contribution in [0.15, 0.2) is 12.1 Å². The van der Waals surface area contributed by atoms with Gasteiger partial charge in [0.15, 0.2) is 0 Å². The van der Waals surface area contributed by atoms with Crippen LogP contribution in [-0.4, -0.2) is 37.5 Å². The molecule has 1 aromatic carbocycles. The first-order chi connectivity index (χ1) is 7.99. The van der Waals surface area contributed by atoms with Crippen molar-refractivity contribution < 1.29 is 4.79 Å². The minimum atomic E-state index is 0.204. The summed E-state index contributed by atoms with van der Waals surface area (Å²) in [6.45, 7) is 8.59. The molecule has 1 heterocycles. The molecule has 0 spiro atoms. The Bertz CT molecular complexity index is 431. The fraction of sp³-hybridized carbons (Fsp3) is 0.500. The number of hydrogen-bond acceptors (Lipinski definition) is 2. The molecule has 0 N–H and O–H groups in total. The number of likely N-dealkylation sites (N-methyl/N-ethyl adjacent to an activating group) is 1. The van der Waals surface area contributed by atoms with Crippen LogP contribution in [0.4, 0.5) is 5.69 Å². The van der Waals surface area contributed by atoms with Crippen LogP contribution >= 0.6 is 0 Å². The molecule has 0 unspecified atom stereocenters. The van der Waals surface area contributed by atoms with Gasteiger partial charge < -0.3 is 9.80 Å². The van der Waals surface area contributed by atoms with Crippen LogP contribution in [0.1, 0.15) is 16.7 Å². The Kier molecular flexibility index (Phi) is 3.09. The molecule has 1 amide bonds. The van der Waals surface area contributed by atoms with Crippen molar-refractivity contribution in [3.8, 4) is 0 Å². The lowest BCUT2D eigenvalue weighted by atomic mass is 10.0. The molecule has 0 aromatic heterocycles. The molecule has 1 aromatic rings. The Morgan fingerprint density at radius 2 is 1.65 bits per heavy atom. The van der Waals surface area contributed by atoms with E-state index in [0.29, 0.717) is 6.54 Å².